The van der Waals surface area contributed by atoms with Crippen LogP contribution in [0.1, 0.15) is 59.3 Å². The zero-order chi connectivity index (χ0) is 11.3. The van der Waals surface area contributed by atoms with Crippen molar-refractivity contribution in [1.82, 2.24) is 4.90 Å². The van der Waals surface area contributed by atoms with Gasteiger partial charge in [0.05, 0.1) is 6.10 Å². The van der Waals surface area contributed by atoms with Crippen LogP contribution in [0.25, 0.3) is 0 Å². The van der Waals surface area contributed by atoms with Crippen LogP contribution in [0.5, 0.6) is 0 Å². The number of aliphatic hydroxyl groups is 1. The Kier molecular flexibility index (Phi) is 5.07. The molecule has 1 atom stereocenters. The molecule has 0 heterocycles. The maximum atomic E-state index is 10.4. The highest BCUT2D eigenvalue weighted by molar-refractivity contribution is 4.99. The van der Waals surface area contributed by atoms with Gasteiger partial charge in [0.15, 0.2) is 0 Å². The van der Waals surface area contributed by atoms with Crippen LogP contribution in [-0.4, -0.2) is 34.7 Å². The number of hydrogen-bond acceptors (Lipinski definition) is 2. The average molecular weight is 213 g/mol. The maximum absolute atomic E-state index is 10.4. The minimum absolute atomic E-state index is 0.111. The third kappa shape index (κ3) is 2.54. The van der Waals surface area contributed by atoms with Crippen molar-refractivity contribution in [3.63, 3.8) is 0 Å². The molecule has 1 aliphatic carbocycles. The Hall–Kier alpha value is -0.0800. The normalized spacial score (nSPS) is 22.2. The van der Waals surface area contributed by atoms with Gasteiger partial charge in [-0.15, -0.1) is 0 Å². The van der Waals surface area contributed by atoms with Crippen LogP contribution in [0, 0.1) is 0 Å². The molecule has 1 rings (SSSR count). The molecule has 0 aliphatic heterocycles. The van der Waals surface area contributed by atoms with Crippen molar-refractivity contribution in [2.45, 2.75) is 70.9 Å². The maximum Gasteiger partial charge on any atom is 0.0723 e. The van der Waals surface area contributed by atoms with E-state index in [1.807, 2.05) is 0 Å². The first-order valence-corrected chi connectivity index (χ1v) is 6.64. The standard InChI is InChI=1S/C13H27NO/c1-4-9-12(15)13(10-7-8-11-13)14(5-2)6-3/h12,15H,4-11H2,1-3H3. The van der Waals surface area contributed by atoms with Crippen molar-refractivity contribution in [2.24, 2.45) is 0 Å². The van der Waals surface area contributed by atoms with Crippen molar-refractivity contribution in [3.8, 4) is 0 Å². The predicted octanol–water partition coefficient (Wildman–Crippen LogP) is 2.80. The van der Waals surface area contributed by atoms with E-state index in [9.17, 15) is 5.11 Å². The summed E-state index contributed by atoms with van der Waals surface area (Å²) in [5, 5.41) is 10.4. The summed E-state index contributed by atoms with van der Waals surface area (Å²) in [5.41, 5.74) is 0.111. The summed E-state index contributed by atoms with van der Waals surface area (Å²) in [7, 11) is 0. The summed E-state index contributed by atoms with van der Waals surface area (Å²) in [6.45, 7) is 8.72. The van der Waals surface area contributed by atoms with Crippen LogP contribution in [0.2, 0.25) is 0 Å². The van der Waals surface area contributed by atoms with Gasteiger partial charge in [-0.3, -0.25) is 4.90 Å². The summed E-state index contributed by atoms with van der Waals surface area (Å²) >= 11 is 0. The molecular formula is C13H27NO. The molecule has 0 saturated heterocycles. The van der Waals surface area contributed by atoms with Gasteiger partial charge in [-0.25, -0.2) is 0 Å². The van der Waals surface area contributed by atoms with E-state index in [2.05, 4.69) is 25.7 Å². The van der Waals surface area contributed by atoms with Crippen LogP contribution in [0.4, 0.5) is 0 Å². The Bertz CT molecular complexity index is 171. The fraction of sp³-hybridized carbons (Fsp3) is 1.00. The Morgan fingerprint density at radius 3 is 2.07 bits per heavy atom. The van der Waals surface area contributed by atoms with Crippen molar-refractivity contribution >= 4 is 0 Å². The van der Waals surface area contributed by atoms with E-state index in [0.717, 1.165) is 25.9 Å². The van der Waals surface area contributed by atoms with Crippen molar-refractivity contribution in [2.75, 3.05) is 13.1 Å². The first-order chi connectivity index (χ1) is 7.21. The van der Waals surface area contributed by atoms with Crippen molar-refractivity contribution in [1.29, 1.82) is 0 Å². The molecule has 1 N–H and O–H groups in total. The molecule has 2 nitrogen and oxygen atoms in total. The predicted molar refractivity (Wildman–Crippen MR) is 65.0 cm³/mol. The number of rotatable bonds is 6. The zero-order valence-corrected chi connectivity index (χ0v) is 10.6. The zero-order valence-electron chi connectivity index (χ0n) is 10.6. The minimum Gasteiger partial charge on any atom is -0.391 e. The van der Waals surface area contributed by atoms with Gasteiger partial charge in [0.2, 0.25) is 0 Å². The second-order valence-electron chi connectivity index (χ2n) is 4.79. The van der Waals surface area contributed by atoms with Crippen LogP contribution in [0.3, 0.4) is 0 Å². The van der Waals surface area contributed by atoms with E-state index in [1.165, 1.54) is 25.7 Å². The van der Waals surface area contributed by atoms with Gasteiger partial charge in [-0.05, 0) is 32.4 Å². The smallest absolute Gasteiger partial charge is 0.0723 e. The molecule has 1 fully saturated rings. The quantitative estimate of drug-likeness (QED) is 0.733. The molecule has 0 aromatic rings. The van der Waals surface area contributed by atoms with Gasteiger partial charge in [0, 0.05) is 5.54 Å². The van der Waals surface area contributed by atoms with Gasteiger partial charge in [-0.1, -0.05) is 40.0 Å². The SMILES string of the molecule is CCCC(O)C1(N(CC)CC)CCCC1. The van der Waals surface area contributed by atoms with Gasteiger partial charge >= 0.3 is 0 Å². The Labute approximate surface area is 94.7 Å². The van der Waals surface area contributed by atoms with Gasteiger partial charge in [-0.2, -0.15) is 0 Å². The van der Waals surface area contributed by atoms with E-state index in [4.69, 9.17) is 0 Å². The lowest BCUT2D eigenvalue weighted by atomic mass is 9.85. The third-order valence-corrected chi connectivity index (χ3v) is 4.05. The first-order valence-electron chi connectivity index (χ1n) is 6.64. The lowest BCUT2D eigenvalue weighted by Crippen LogP contribution is -2.54. The van der Waals surface area contributed by atoms with Gasteiger partial charge in [0.1, 0.15) is 0 Å². The summed E-state index contributed by atoms with van der Waals surface area (Å²) in [6, 6.07) is 0. The number of nitrogens with zero attached hydrogens (tertiary/aromatic N) is 1. The van der Waals surface area contributed by atoms with Crippen LogP contribution in [0.15, 0.2) is 0 Å². The highest BCUT2D eigenvalue weighted by Gasteiger charge is 2.43. The van der Waals surface area contributed by atoms with Crippen molar-refractivity contribution < 1.29 is 5.11 Å². The van der Waals surface area contributed by atoms with Gasteiger partial charge in [0.25, 0.3) is 0 Å². The fourth-order valence-electron chi connectivity index (χ4n) is 3.24. The number of aliphatic hydroxyl groups excluding tert-OH is 1. The molecular weight excluding hydrogens is 186 g/mol. The molecule has 0 bridgehead atoms. The molecule has 15 heavy (non-hydrogen) atoms. The van der Waals surface area contributed by atoms with E-state index in [0.29, 0.717) is 0 Å². The molecule has 0 amide bonds. The number of likely N-dealkylation sites (N-methyl/N-ethyl adjacent to an activating group) is 1. The van der Waals surface area contributed by atoms with Gasteiger partial charge < -0.3 is 5.11 Å². The highest BCUT2D eigenvalue weighted by Crippen LogP contribution is 2.39. The second kappa shape index (κ2) is 5.86. The summed E-state index contributed by atoms with van der Waals surface area (Å²) in [5.74, 6) is 0. The third-order valence-electron chi connectivity index (χ3n) is 4.05. The molecule has 0 aromatic heterocycles. The topological polar surface area (TPSA) is 23.5 Å². The molecule has 0 radical (unpaired) electrons. The number of hydrogen-bond donors (Lipinski definition) is 1. The Balaban J connectivity index is 2.76. The summed E-state index contributed by atoms with van der Waals surface area (Å²) in [4.78, 5) is 2.49. The second-order valence-corrected chi connectivity index (χ2v) is 4.79. The molecule has 1 aliphatic rings. The van der Waals surface area contributed by atoms with E-state index in [1.54, 1.807) is 0 Å². The van der Waals surface area contributed by atoms with Crippen LogP contribution < -0.4 is 0 Å². The summed E-state index contributed by atoms with van der Waals surface area (Å²) in [6.07, 6.45) is 6.88. The largest absolute Gasteiger partial charge is 0.391 e. The molecule has 1 saturated carbocycles. The molecule has 1 unspecified atom stereocenters. The van der Waals surface area contributed by atoms with E-state index in [-0.39, 0.29) is 11.6 Å². The Morgan fingerprint density at radius 1 is 1.13 bits per heavy atom. The summed E-state index contributed by atoms with van der Waals surface area (Å²) < 4.78 is 0. The lowest BCUT2D eigenvalue weighted by molar-refractivity contribution is -0.0292. The fourth-order valence-corrected chi connectivity index (χ4v) is 3.24. The monoisotopic (exact) mass is 213 g/mol. The van der Waals surface area contributed by atoms with E-state index < -0.39 is 0 Å². The average Bonchev–Trinajstić information content (AvgIpc) is 2.70. The highest BCUT2D eigenvalue weighted by atomic mass is 16.3. The molecule has 2 heteroatoms. The lowest BCUT2D eigenvalue weighted by Gasteiger charge is -2.44. The van der Waals surface area contributed by atoms with Crippen molar-refractivity contribution in [3.05, 3.63) is 0 Å². The molecule has 0 spiro atoms. The molecule has 90 valence electrons. The van der Waals surface area contributed by atoms with Crippen LogP contribution in [-0.2, 0) is 0 Å². The molecule has 0 aromatic carbocycles. The minimum atomic E-state index is -0.120. The Morgan fingerprint density at radius 2 is 1.67 bits per heavy atom. The first kappa shape index (κ1) is 13.0. The van der Waals surface area contributed by atoms with Crippen LogP contribution >= 0.6 is 0 Å². The van der Waals surface area contributed by atoms with E-state index >= 15 is 0 Å².